The number of benzene rings is 3. The zero-order valence-corrected chi connectivity index (χ0v) is 14.5. The van der Waals surface area contributed by atoms with Crippen molar-refractivity contribution in [2.24, 2.45) is 5.84 Å². The van der Waals surface area contributed by atoms with Crippen LogP contribution in [0.25, 0.3) is 44.1 Å². The van der Waals surface area contributed by atoms with Crippen molar-refractivity contribution in [3.8, 4) is 22.5 Å². The van der Waals surface area contributed by atoms with Crippen molar-refractivity contribution in [2.45, 2.75) is 0 Å². The molecule has 124 valence electrons. The molecule has 26 heavy (non-hydrogen) atoms. The normalized spacial score (nSPS) is 14.5. The van der Waals surface area contributed by atoms with Crippen molar-refractivity contribution in [3.05, 3.63) is 54.2 Å². The smallest absolute Gasteiger partial charge is 0.174 e. The molecule has 0 spiro atoms. The zero-order valence-electron chi connectivity index (χ0n) is 13.7. The highest BCUT2D eigenvalue weighted by Crippen LogP contribution is 2.49. The SMILES string of the molecule is NN1CNC(=S)c2nc3c(nc21)-c1cccc2cc4ccccc4c-3c12. The molecule has 1 aromatic heterocycles. The third kappa shape index (κ3) is 1.65. The molecule has 0 atom stereocenters. The molecule has 2 heterocycles. The third-order valence-corrected chi connectivity index (χ3v) is 5.49. The van der Waals surface area contributed by atoms with Gasteiger partial charge in [0.25, 0.3) is 0 Å². The predicted octanol–water partition coefficient (Wildman–Crippen LogP) is 3.35. The summed E-state index contributed by atoms with van der Waals surface area (Å²) in [6.45, 7) is 0.430. The maximum atomic E-state index is 6.10. The summed E-state index contributed by atoms with van der Waals surface area (Å²) < 4.78 is 0. The first-order chi connectivity index (χ1) is 12.7. The number of rotatable bonds is 0. The molecule has 5 nitrogen and oxygen atoms in total. The van der Waals surface area contributed by atoms with Crippen LogP contribution in [0.4, 0.5) is 5.82 Å². The van der Waals surface area contributed by atoms with Crippen LogP contribution in [0, 0.1) is 0 Å². The summed E-state index contributed by atoms with van der Waals surface area (Å²) in [6.07, 6.45) is 0. The predicted molar refractivity (Wildman–Crippen MR) is 108 cm³/mol. The Morgan fingerprint density at radius 1 is 0.962 bits per heavy atom. The van der Waals surface area contributed by atoms with Gasteiger partial charge >= 0.3 is 0 Å². The van der Waals surface area contributed by atoms with Gasteiger partial charge in [-0.1, -0.05) is 54.7 Å². The highest BCUT2D eigenvalue weighted by molar-refractivity contribution is 7.80. The van der Waals surface area contributed by atoms with Crippen LogP contribution >= 0.6 is 12.2 Å². The highest BCUT2D eigenvalue weighted by atomic mass is 32.1. The molecule has 0 amide bonds. The number of anilines is 1. The van der Waals surface area contributed by atoms with E-state index in [0.29, 0.717) is 23.2 Å². The van der Waals surface area contributed by atoms with E-state index in [1.807, 2.05) is 0 Å². The van der Waals surface area contributed by atoms with Crippen molar-refractivity contribution >= 4 is 44.6 Å². The summed E-state index contributed by atoms with van der Waals surface area (Å²) in [6, 6.07) is 16.9. The molecule has 0 saturated heterocycles. The molecule has 3 aromatic carbocycles. The van der Waals surface area contributed by atoms with E-state index < -0.39 is 0 Å². The number of hydrazine groups is 1. The van der Waals surface area contributed by atoms with Crippen molar-refractivity contribution in [2.75, 3.05) is 11.7 Å². The van der Waals surface area contributed by atoms with Gasteiger partial charge in [-0.2, -0.15) is 0 Å². The third-order valence-electron chi connectivity index (χ3n) is 5.15. The summed E-state index contributed by atoms with van der Waals surface area (Å²) in [5, 5.41) is 9.42. The minimum Gasteiger partial charge on any atom is -0.356 e. The maximum Gasteiger partial charge on any atom is 0.174 e. The number of nitrogens with zero attached hydrogens (tertiary/aromatic N) is 3. The summed E-state index contributed by atoms with van der Waals surface area (Å²) in [4.78, 5) is 10.4. The Balaban J connectivity index is 1.81. The molecule has 0 radical (unpaired) electrons. The second-order valence-electron chi connectivity index (χ2n) is 6.60. The van der Waals surface area contributed by atoms with Crippen LogP contribution < -0.4 is 16.2 Å². The van der Waals surface area contributed by atoms with Crippen molar-refractivity contribution in [1.82, 2.24) is 15.3 Å². The van der Waals surface area contributed by atoms with E-state index in [4.69, 9.17) is 28.0 Å². The Labute approximate surface area is 154 Å². The van der Waals surface area contributed by atoms with Gasteiger partial charge in [0, 0.05) is 16.5 Å². The number of hydrogen-bond acceptors (Lipinski definition) is 5. The second kappa shape index (κ2) is 4.75. The van der Waals surface area contributed by atoms with Gasteiger partial charge in [0.05, 0.1) is 11.4 Å². The lowest BCUT2D eigenvalue weighted by molar-refractivity contribution is 0.761. The molecule has 3 N–H and O–H groups in total. The quantitative estimate of drug-likeness (QED) is 0.252. The fourth-order valence-electron chi connectivity index (χ4n) is 4.02. The molecular formula is C20H13N5S. The Morgan fingerprint density at radius 3 is 2.73 bits per heavy atom. The molecule has 6 heteroatoms. The molecule has 6 rings (SSSR count). The Kier molecular flexibility index (Phi) is 2.58. The molecule has 2 aliphatic rings. The van der Waals surface area contributed by atoms with Crippen LogP contribution in [0.2, 0.25) is 0 Å². The Morgan fingerprint density at radius 2 is 1.81 bits per heavy atom. The molecule has 0 bridgehead atoms. The average Bonchev–Trinajstić information content (AvgIpc) is 3.00. The van der Waals surface area contributed by atoms with Crippen molar-refractivity contribution in [3.63, 3.8) is 0 Å². The van der Waals surface area contributed by atoms with Crippen LogP contribution in [0.3, 0.4) is 0 Å². The van der Waals surface area contributed by atoms with Gasteiger partial charge in [-0.15, -0.1) is 0 Å². The lowest BCUT2D eigenvalue weighted by atomic mass is 9.97. The summed E-state index contributed by atoms with van der Waals surface area (Å²) >= 11 is 5.45. The number of nitrogens with two attached hydrogens (primary N) is 1. The van der Waals surface area contributed by atoms with E-state index in [2.05, 4.69) is 53.8 Å². The molecule has 0 unspecified atom stereocenters. The van der Waals surface area contributed by atoms with Gasteiger partial charge in [-0.25, -0.2) is 15.8 Å². The fraction of sp³-hybridized carbons (Fsp3) is 0.0500. The molecular weight excluding hydrogens is 342 g/mol. The Hall–Kier alpha value is -3.09. The van der Waals surface area contributed by atoms with Crippen LogP contribution in [0.5, 0.6) is 0 Å². The molecule has 1 aliphatic heterocycles. The maximum absolute atomic E-state index is 6.10. The summed E-state index contributed by atoms with van der Waals surface area (Å²) in [7, 11) is 0. The van der Waals surface area contributed by atoms with Gasteiger partial charge in [-0.05, 0) is 22.2 Å². The first-order valence-corrected chi connectivity index (χ1v) is 8.81. The number of aromatic nitrogens is 2. The number of thiocarbonyl (C=S) groups is 1. The van der Waals surface area contributed by atoms with Crippen LogP contribution in [-0.2, 0) is 0 Å². The van der Waals surface area contributed by atoms with E-state index in [9.17, 15) is 0 Å². The van der Waals surface area contributed by atoms with Gasteiger partial charge < -0.3 is 5.32 Å². The topological polar surface area (TPSA) is 67.1 Å². The van der Waals surface area contributed by atoms with E-state index in [1.54, 1.807) is 5.01 Å². The molecule has 0 fully saturated rings. The zero-order chi connectivity index (χ0) is 17.4. The van der Waals surface area contributed by atoms with Crippen molar-refractivity contribution < 1.29 is 0 Å². The minimum atomic E-state index is 0.430. The number of fused-ring (bicyclic) bond motifs is 6. The Bertz CT molecular complexity index is 1280. The van der Waals surface area contributed by atoms with E-state index in [1.165, 1.54) is 21.5 Å². The first-order valence-electron chi connectivity index (χ1n) is 8.40. The number of hydrogen-bond donors (Lipinski definition) is 2. The van der Waals surface area contributed by atoms with Gasteiger partial charge in [0.1, 0.15) is 17.4 Å². The monoisotopic (exact) mass is 355 g/mol. The first kappa shape index (κ1) is 14.1. The second-order valence-corrected chi connectivity index (χ2v) is 7.01. The standard InChI is InChI=1S/C20H13N5S/c21-25-9-22-20(26)18-19(25)24-16-13-7-3-5-11-8-10-4-1-2-6-12(10)15(14(11)13)17(16)23-18/h1-8H,9,21H2,(H,22,26). The van der Waals surface area contributed by atoms with E-state index in [0.717, 1.165) is 22.5 Å². The van der Waals surface area contributed by atoms with Crippen LogP contribution in [0.1, 0.15) is 5.69 Å². The molecule has 1 aliphatic carbocycles. The van der Waals surface area contributed by atoms with Gasteiger partial charge in [-0.3, -0.25) is 5.01 Å². The molecule has 0 saturated carbocycles. The lowest BCUT2D eigenvalue weighted by Gasteiger charge is -2.27. The van der Waals surface area contributed by atoms with Crippen LogP contribution in [0.15, 0.2) is 48.5 Å². The van der Waals surface area contributed by atoms with Gasteiger partial charge in [0.15, 0.2) is 5.82 Å². The van der Waals surface area contributed by atoms with Crippen LogP contribution in [-0.4, -0.2) is 21.6 Å². The van der Waals surface area contributed by atoms with Gasteiger partial charge in [0.2, 0.25) is 0 Å². The summed E-state index contributed by atoms with van der Waals surface area (Å²) in [5.74, 6) is 6.73. The highest BCUT2D eigenvalue weighted by Gasteiger charge is 2.31. The minimum absolute atomic E-state index is 0.430. The average molecular weight is 355 g/mol. The largest absolute Gasteiger partial charge is 0.356 e. The lowest BCUT2D eigenvalue weighted by Crippen LogP contribution is -2.48. The summed E-state index contributed by atoms with van der Waals surface area (Å²) in [5.41, 5.74) is 4.63. The van der Waals surface area contributed by atoms with E-state index >= 15 is 0 Å². The van der Waals surface area contributed by atoms with Crippen molar-refractivity contribution in [1.29, 1.82) is 0 Å². The fourth-order valence-corrected chi connectivity index (χ4v) is 4.22. The van der Waals surface area contributed by atoms with E-state index in [-0.39, 0.29) is 0 Å². The molecule has 4 aromatic rings. The number of nitrogens with one attached hydrogen (secondary N) is 1.